The average Bonchev–Trinajstić information content (AvgIpc) is 2.97. The Morgan fingerprint density at radius 1 is 1.23 bits per heavy atom. The highest BCUT2D eigenvalue weighted by Gasteiger charge is 2.35. The van der Waals surface area contributed by atoms with E-state index in [2.05, 4.69) is 10.0 Å². The first kappa shape index (κ1) is 20.4. The largest absolute Gasteiger partial charge is 0.339 e. The summed E-state index contributed by atoms with van der Waals surface area (Å²) in [5.74, 6) is -0.632. The number of sulfonamides is 1. The number of nitrogens with one attached hydrogen (secondary N) is 2. The van der Waals surface area contributed by atoms with Gasteiger partial charge in [-0.25, -0.2) is 13.1 Å². The number of amides is 2. The molecule has 144 valence electrons. The quantitative estimate of drug-likeness (QED) is 0.755. The monoisotopic (exact) mass is 381 g/mol. The van der Waals surface area contributed by atoms with Gasteiger partial charge in [0.05, 0.1) is 10.8 Å². The molecule has 2 amide bonds. The molecule has 1 aliphatic rings. The van der Waals surface area contributed by atoms with Crippen molar-refractivity contribution in [3.63, 3.8) is 0 Å². The van der Waals surface area contributed by atoms with E-state index in [1.807, 2.05) is 20.8 Å². The highest BCUT2D eigenvalue weighted by molar-refractivity contribution is 7.89. The summed E-state index contributed by atoms with van der Waals surface area (Å²) in [5.41, 5.74) is 0.507. The Balaban J connectivity index is 2.01. The number of hydrogen-bond donors (Lipinski definition) is 2. The summed E-state index contributed by atoms with van der Waals surface area (Å²) >= 11 is 0. The fraction of sp³-hybridized carbons (Fsp3) is 0.556. The van der Waals surface area contributed by atoms with Gasteiger partial charge in [-0.2, -0.15) is 0 Å². The molecule has 0 radical (unpaired) electrons. The normalized spacial score (nSPS) is 19.0. The average molecular weight is 381 g/mol. The van der Waals surface area contributed by atoms with Crippen LogP contribution in [0.25, 0.3) is 0 Å². The van der Waals surface area contributed by atoms with Gasteiger partial charge in [-0.1, -0.05) is 6.92 Å². The van der Waals surface area contributed by atoms with Crippen LogP contribution in [0.2, 0.25) is 0 Å². The van der Waals surface area contributed by atoms with Gasteiger partial charge in [-0.05, 0) is 51.5 Å². The number of carbonyl (C=O) groups excluding carboxylic acids is 2. The van der Waals surface area contributed by atoms with Crippen molar-refractivity contribution in [3.8, 4) is 0 Å². The Kier molecular flexibility index (Phi) is 6.41. The van der Waals surface area contributed by atoms with Gasteiger partial charge in [0.15, 0.2) is 0 Å². The highest BCUT2D eigenvalue weighted by atomic mass is 32.2. The predicted molar refractivity (Wildman–Crippen MR) is 100 cm³/mol. The molecule has 2 rings (SSSR count). The second-order valence-electron chi connectivity index (χ2n) is 6.99. The van der Waals surface area contributed by atoms with Gasteiger partial charge in [-0.15, -0.1) is 0 Å². The van der Waals surface area contributed by atoms with Crippen LogP contribution in [0.4, 0.5) is 5.69 Å². The number of hydrogen-bond acceptors (Lipinski definition) is 4. The molecule has 2 N–H and O–H groups in total. The molecular formula is C18H27N3O4S. The molecule has 1 aromatic carbocycles. The fourth-order valence-electron chi connectivity index (χ4n) is 2.78. The molecule has 0 unspecified atom stereocenters. The number of likely N-dealkylation sites (tertiary alicyclic amines) is 1. The molecule has 0 spiro atoms. The van der Waals surface area contributed by atoms with Crippen LogP contribution in [0.3, 0.4) is 0 Å². The molecule has 7 nitrogen and oxygen atoms in total. The molecule has 1 aliphatic heterocycles. The van der Waals surface area contributed by atoms with Gasteiger partial charge in [0.25, 0.3) is 0 Å². The first-order chi connectivity index (χ1) is 12.1. The molecule has 0 aliphatic carbocycles. The van der Waals surface area contributed by atoms with Crippen LogP contribution >= 0.6 is 0 Å². The third-order valence-electron chi connectivity index (χ3n) is 4.55. The molecule has 1 heterocycles. The van der Waals surface area contributed by atoms with Crippen LogP contribution in [0.5, 0.6) is 0 Å². The number of rotatable bonds is 7. The number of nitrogens with zero attached hydrogens (tertiary/aromatic N) is 1. The van der Waals surface area contributed by atoms with Crippen molar-refractivity contribution in [3.05, 3.63) is 24.3 Å². The maximum atomic E-state index is 12.4. The zero-order chi connectivity index (χ0) is 19.5. The number of anilines is 1. The Morgan fingerprint density at radius 3 is 2.35 bits per heavy atom. The first-order valence-corrected chi connectivity index (χ1v) is 10.3. The summed E-state index contributed by atoms with van der Waals surface area (Å²) in [6, 6.07) is 5.95. The Bertz CT molecular complexity index is 759. The van der Waals surface area contributed by atoms with E-state index >= 15 is 0 Å². The van der Waals surface area contributed by atoms with Crippen LogP contribution < -0.4 is 10.0 Å². The summed E-state index contributed by atoms with van der Waals surface area (Å²) in [5, 5.41) is 2.76. The smallest absolute Gasteiger partial charge is 0.240 e. The van der Waals surface area contributed by atoms with Crippen LogP contribution in [0.15, 0.2) is 29.2 Å². The lowest BCUT2D eigenvalue weighted by Gasteiger charge is -2.20. The van der Waals surface area contributed by atoms with E-state index < -0.39 is 10.0 Å². The van der Waals surface area contributed by atoms with Crippen LogP contribution in [0, 0.1) is 5.92 Å². The maximum absolute atomic E-state index is 12.4. The fourth-order valence-corrected chi connectivity index (χ4v) is 4.11. The van der Waals surface area contributed by atoms with Crippen molar-refractivity contribution in [2.24, 2.45) is 5.92 Å². The second-order valence-corrected chi connectivity index (χ2v) is 8.70. The van der Waals surface area contributed by atoms with Crippen molar-refractivity contribution in [2.75, 3.05) is 11.9 Å². The Morgan fingerprint density at radius 2 is 1.85 bits per heavy atom. The predicted octanol–water partition coefficient (Wildman–Crippen LogP) is 1.96. The summed E-state index contributed by atoms with van der Waals surface area (Å²) < 4.78 is 27.1. The Labute approximate surface area is 155 Å². The Hall–Kier alpha value is -1.93. The molecule has 2 atom stereocenters. The third-order valence-corrected chi connectivity index (χ3v) is 6.16. The zero-order valence-electron chi connectivity index (χ0n) is 15.7. The van der Waals surface area contributed by atoms with Crippen molar-refractivity contribution in [1.29, 1.82) is 0 Å². The third kappa shape index (κ3) is 4.82. The van der Waals surface area contributed by atoms with Gasteiger partial charge < -0.3 is 10.2 Å². The maximum Gasteiger partial charge on any atom is 0.240 e. The van der Waals surface area contributed by atoms with E-state index in [1.54, 1.807) is 24.0 Å². The van der Waals surface area contributed by atoms with Crippen LogP contribution in [-0.2, 0) is 19.6 Å². The highest BCUT2D eigenvalue weighted by Crippen LogP contribution is 2.22. The minimum atomic E-state index is -3.57. The zero-order valence-corrected chi connectivity index (χ0v) is 16.5. The molecule has 26 heavy (non-hydrogen) atoms. The summed E-state index contributed by atoms with van der Waals surface area (Å²) in [4.78, 5) is 26.1. The van der Waals surface area contributed by atoms with Crippen LogP contribution in [0.1, 0.15) is 40.5 Å². The van der Waals surface area contributed by atoms with E-state index in [9.17, 15) is 18.0 Å². The first-order valence-electron chi connectivity index (χ1n) is 8.86. The summed E-state index contributed by atoms with van der Waals surface area (Å²) in [7, 11) is -3.57. The molecular weight excluding hydrogens is 354 g/mol. The number of benzene rings is 1. The van der Waals surface area contributed by atoms with Crippen molar-refractivity contribution < 1.29 is 18.0 Å². The lowest BCUT2D eigenvalue weighted by molar-refractivity contribution is -0.129. The minimum absolute atomic E-state index is 0.0160. The number of carbonyl (C=O) groups is 2. The standard InChI is InChI=1S/C18H27N3O4S/c1-5-13(4)20-26(24,25)16-8-6-15(7-9-16)19-18(23)14-10-17(22)21(11-14)12(2)3/h6-9,12-14,20H,5,10-11H2,1-4H3,(H,19,23)/t13-,14+/m1/s1. The van der Waals surface area contributed by atoms with E-state index in [4.69, 9.17) is 0 Å². The van der Waals surface area contributed by atoms with Gasteiger partial charge in [0, 0.05) is 30.7 Å². The molecule has 1 saturated heterocycles. The molecule has 1 fully saturated rings. The lowest BCUT2D eigenvalue weighted by Crippen LogP contribution is -2.33. The minimum Gasteiger partial charge on any atom is -0.339 e. The van der Waals surface area contributed by atoms with Gasteiger partial charge >= 0.3 is 0 Å². The van der Waals surface area contributed by atoms with Gasteiger partial charge in [0.1, 0.15) is 0 Å². The van der Waals surface area contributed by atoms with Crippen molar-refractivity contribution in [1.82, 2.24) is 9.62 Å². The topological polar surface area (TPSA) is 95.6 Å². The summed E-state index contributed by atoms with van der Waals surface area (Å²) in [6.45, 7) is 7.96. The van der Waals surface area contributed by atoms with Gasteiger partial charge in [-0.3, -0.25) is 9.59 Å². The van der Waals surface area contributed by atoms with E-state index in [0.717, 1.165) is 0 Å². The summed E-state index contributed by atoms with van der Waals surface area (Å²) in [6.07, 6.45) is 0.899. The molecule has 8 heteroatoms. The SMILES string of the molecule is CC[C@@H](C)NS(=O)(=O)c1ccc(NC(=O)[C@H]2CC(=O)N(C(C)C)C2)cc1. The molecule has 1 aromatic rings. The molecule has 0 saturated carbocycles. The van der Waals surface area contributed by atoms with E-state index in [1.165, 1.54) is 12.1 Å². The molecule has 0 aromatic heterocycles. The van der Waals surface area contributed by atoms with E-state index in [0.29, 0.717) is 18.7 Å². The van der Waals surface area contributed by atoms with Crippen LogP contribution in [-0.4, -0.2) is 43.8 Å². The van der Waals surface area contributed by atoms with Crippen molar-refractivity contribution in [2.45, 2.75) is 57.5 Å². The molecule has 0 bridgehead atoms. The lowest BCUT2D eigenvalue weighted by atomic mass is 10.1. The second kappa shape index (κ2) is 8.18. The van der Waals surface area contributed by atoms with Crippen molar-refractivity contribution >= 4 is 27.5 Å². The van der Waals surface area contributed by atoms with Gasteiger partial charge in [0.2, 0.25) is 21.8 Å². The van der Waals surface area contributed by atoms with E-state index in [-0.39, 0.29) is 41.1 Å².